The number of anilines is 2. The molecule has 0 saturated heterocycles. The summed E-state index contributed by atoms with van der Waals surface area (Å²) >= 11 is 6.20. The number of nitrogens with one attached hydrogen (secondary N) is 1. The SMILES string of the molecule is CCN(C(=O)c1cc(C)nc(NCc2ccccc2Cl)n1)c1cccc(C)c1. The maximum Gasteiger partial charge on any atom is 0.277 e. The van der Waals surface area contributed by atoms with E-state index in [9.17, 15) is 4.79 Å². The molecule has 0 fully saturated rings. The molecule has 1 heterocycles. The fourth-order valence-corrected chi connectivity index (χ4v) is 3.15. The summed E-state index contributed by atoms with van der Waals surface area (Å²) in [5.41, 5.74) is 3.98. The summed E-state index contributed by atoms with van der Waals surface area (Å²) in [4.78, 5) is 23.7. The molecule has 0 spiro atoms. The summed E-state index contributed by atoms with van der Waals surface area (Å²) < 4.78 is 0. The summed E-state index contributed by atoms with van der Waals surface area (Å²) in [7, 11) is 0. The molecule has 6 heteroatoms. The first-order chi connectivity index (χ1) is 13.5. The molecule has 0 aliphatic heterocycles. The molecule has 0 radical (unpaired) electrons. The second-order valence-corrected chi connectivity index (χ2v) is 6.96. The van der Waals surface area contributed by atoms with Gasteiger partial charge in [-0.25, -0.2) is 9.97 Å². The Morgan fingerprint density at radius 1 is 1.07 bits per heavy atom. The molecule has 0 saturated carbocycles. The van der Waals surface area contributed by atoms with E-state index in [4.69, 9.17) is 11.6 Å². The highest BCUT2D eigenvalue weighted by Crippen LogP contribution is 2.20. The number of nitrogens with zero attached hydrogens (tertiary/aromatic N) is 3. The minimum Gasteiger partial charge on any atom is -0.350 e. The number of rotatable bonds is 6. The third-order valence-corrected chi connectivity index (χ3v) is 4.71. The summed E-state index contributed by atoms with van der Waals surface area (Å²) in [6, 6.07) is 17.2. The Labute approximate surface area is 170 Å². The van der Waals surface area contributed by atoms with Crippen LogP contribution in [0.25, 0.3) is 0 Å². The van der Waals surface area contributed by atoms with E-state index in [2.05, 4.69) is 15.3 Å². The van der Waals surface area contributed by atoms with E-state index in [1.54, 1.807) is 11.0 Å². The number of amides is 1. The van der Waals surface area contributed by atoms with Gasteiger partial charge >= 0.3 is 0 Å². The van der Waals surface area contributed by atoms with Gasteiger partial charge in [-0.1, -0.05) is 41.9 Å². The van der Waals surface area contributed by atoms with Gasteiger partial charge in [0.15, 0.2) is 0 Å². The number of aryl methyl sites for hydroxylation is 2. The van der Waals surface area contributed by atoms with Crippen LogP contribution in [0.1, 0.15) is 34.2 Å². The standard InChI is InChI=1S/C22H23ClN4O/c1-4-27(18-10-7-8-15(2)12-18)21(28)20-13-16(3)25-22(26-20)24-14-17-9-5-6-11-19(17)23/h5-13H,4,14H2,1-3H3,(H,24,25,26). The van der Waals surface area contributed by atoms with Crippen molar-refractivity contribution in [2.45, 2.75) is 27.3 Å². The molecule has 1 amide bonds. The Bertz CT molecular complexity index is 990. The predicted molar refractivity (Wildman–Crippen MR) is 114 cm³/mol. The first-order valence-corrected chi connectivity index (χ1v) is 9.57. The summed E-state index contributed by atoms with van der Waals surface area (Å²) in [5.74, 6) is 0.253. The van der Waals surface area contributed by atoms with E-state index < -0.39 is 0 Å². The molecule has 1 aromatic heterocycles. The van der Waals surface area contributed by atoms with Gasteiger partial charge in [0.25, 0.3) is 5.91 Å². The lowest BCUT2D eigenvalue weighted by atomic mass is 10.2. The normalized spacial score (nSPS) is 10.6. The van der Waals surface area contributed by atoms with E-state index in [1.807, 2.05) is 69.3 Å². The van der Waals surface area contributed by atoms with Gasteiger partial charge in [-0.2, -0.15) is 0 Å². The van der Waals surface area contributed by atoms with Crippen molar-refractivity contribution in [2.24, 2.45) is 0 Å². The van der Waals surface area contributed by atoms with Crippen molar-refractivity contribution < 1.29 is 4.79 Å². The molecule has 0 unspecified atom stereocenters. The molecular weight excluding hydrogens is 372 g/mol. The third kappa shape index (κ3) is 4.67. The van der Waals surface area contributed by atoms with Crippen molar-refractivity contribution in [3.8, 4) is 0 Å². The molecule has 0 aliphatic carbocycles. The van der Waals surface area contributed by atoms with Gasteiger partial charge in [0.05, 0.1) is 0 Å². The lowest BCUT2D eigenvalue weighted by Gasteiger charge is -2.21. The number of carbonyl (C=O) groups is 1. The van der Waals surface area contributed by atoms with Gasteiger partial charge in [-0.15, -0.1) is 0 Å². The quantitative estimate of drug-likeness (QED) is 0.637. The second-order valence-electron chi connectivity index (χ2n) is 6.55. The fraction of sp³-hybridized carbons (Fsp3) is 0.227. The number of carbonyl (C=O) groups excluding carboxylic acids is 1. The first-order valence-electron chi connectivity index (χ1n) is 9.19. The molecule has 3 rings (SSSR count). The van der Waals surface area contributed by atoms with Crippen LogP contribution in [0.5, 0.6) is 0 Å². The van der Waals surface area contributed by atoms with Crippen LogP contribution < -0.4 is 10.2 Å². The zero-order valence-corrected chi connectivity index (χ0v) is 17.0. The largest absolute Gasteiger partial charge is 0.350 e. The lowest BCUT2D eigenvalue weighted by molar-refractivity contribution is 0.0983. The molecule has 0 bridgehead atoms. The molecule has 0 atom stereocenters. The van der Waals surface area contributed by atoms with E-state index in [0.717, 1.165) is 22.5 Å². The minimum absolute atomic E-state index is 0.153. The Hall–Kier alpha value is -2.92. The maximum absolute atomic E-state index is 13.1. The number of benzene rings is 2. The van der Waals surface area contributed by atoms with E-state index in [0.29, 0.717) is 29.8 Å². The molecule has 0 aliphatic rings. The van der Waals surface area contributed by atoms with Gasteiger partial charge in [-0.05, 0) is 56.2 Å². The molecular formula is C22H23ClN4O. The van der Waals surface area contributed by atoms with Gasteiger partial charge in [-0.3, -0.25) is 4.79 Å². The van der Waals surface area contributed by atoms with Crippen LogP contribution in [0.2, 0.25) is 5.02 Å². The average molecular weight is 395 g/mol. The Morgan fingerprint density at radius 2 is 1.86 bits per heavy atom. The lowest BCUT2D eigenvalue weighted by Crippen LogP contribution is -2.31. The van der Waals surface area contributed by atoms with Crippen molar-refractivity contribution in [2.75, 3.05) is 16.8 Å². The third-order valence-electron chi connectivity index (χ3n) is 4.34. The van der Waals surface area contributed by atoms with Crippen molar-refractivity contribution in [1.82, 2.24) is 9.97 Å². The molecule has 2 aromatic carbocycles. The second kappa shape index (κ2) is 8.85. The van der Waals surface area contributed by atoms with Crippen molar-refractivity contribution in [1.29, 1.82) is 0 Å². The summed E-state index contributed by atoms with van der Waals surface area (Å²) in [5, 5.41) is 3.84. The fourth-order valence-electron chi connectivity index (χ4n) is 2.95. The first kappa shape index (κ1) is 19.8. The number of hydrogen-bond acceptors (Lipinski definition) is 4. The van der Waals surface area contributed by atoms with Crippen molar-refractivity contribution in [3.05, 3.63) is 82.1 Å². The minimum atomic E-state index is -0.153. The zero-order valence-electron chi connectivity index (χ0n) is 16.2. The Balaban J connectivity index is 1.83. The van der Waals surface area contributed by atoms with Crippen LogP contribution in [0, 0.1) is 13.8 Å². The molecule has 3 aromatic rings. The number of halogens is 1. The maximum atomic E-state index is 13.1. The monoisotopic (exact) mass is 394 g/mol. The van der Waals surface area contributed by atoms with Crippen LogP contribution in [0.15, 0.2) is 54.6 Å². The Kier molecular flexibility index (Phi) is 6.26. The highest BCUT2D eigenvalue weighted by Gasteiger charge is 2.19. The zero-order chi connectivity index (χ0) is 20.1. The highest BCUT2D eigenvalue weighted by molar-refractivity contribution is 6.31. The van der Waals surface area contributed by atoms with Gasteiger partial charge < -0.3 is 10.2 Å². The van der Waals surface area contributed by atoms with Crippen LogP contribution >= 0.6 is 11.6 Å². The Morgan fingerprint density at radius 3 is 2.57 bits per heavy atom. The molecule has 144 valence electrons. The molecule has 5 nitrogen and oxygen atoms in total. The number of hydrogen-bond donors (Lipinski definition) is 1. The topological polar surface area (TPSA) is 58.1 Å². The predicted octanol–water partition coefficient (Wildman–Crippen LogP) is 5.03. The van der Waals surface area contributed by atoms with E-state index in [1.165, 1.54) is 0 Å². The van der Waals surface area contributed by atoms with Gasteiger partial charge in [0.2, 0.25) is 5.95 Å². The van der Waals surface area contributed by atoms with Crippen LogP contribution in [0.4, 0.5) is 11.6 Å². The number of aromatic nitrogens is 2. The highest BCUT2D eigenvalue weighted by atomic mass is 35.5. The van der Waals surface area contributed by atoms with Crippen LogP contribution in [0.3, 0.4) is 0 Å². The van der Waals surface area contributed by atoms with E-state index >= 15 is 0 Å². The molecule has 1 N–H and O–H groups in total. The summed E-state index contributed by atoms with van der Waals surface area (Å²) in [6.07, 6.45) is 0. The van der Waals surface area contributed by atoms with Crippen molar-refractivity contribution in [3.63, 3.8) is 0 Å². The smallest absolute Gasteiger partial charge is 0.277 e. The van der Waals surface area contributed by atoms with Crippen LogP contribution in [-0.4, -0.2) is 22.4 Å². The molecule has 28 heavy (non-hydrogen) atoms. The van der Waals surface area contributed by atoms with Crippen molar-refractivity contribution >= 4 is 29.1 Å². The van der Waals surface area contributed by atoms with Crippen LogP contribution in [-0.2, 0) is 6.54 Å². The van der Waals surface area contributed by atoms with Gasteiger partial charge in [0.1, 0.15) is 5.69 Å². The average Bonchev–Trinajstić information content (AvgIpc) is 2.67. The summed E-state index contributed by atoms with van der Waals surface area (Å²) in [6.45, 7) is 6.83. The van der Waals surface area contributed by atoms with E-state index in [-0.39, 0.29) is 5.91 Å². The van der Waals surface area contributed by atoms with Gasteiger partial charge in [0, 0.05) is 29.5 Å².